The molecule has 0 spiro atoms. The number of hydrogen-bond acceptors (Lipinski definition) is 4. The van der Waals surface area contributed by atoms with Gasteiger partial charge in [-0.3, -0.25) is 0 Å². The second kappa shape index (κ2) is 13.4. The Balaban J connectivity index is 1.70. The maximum Gasteiger partial charge on any atom is 0.200 e. The summed E-state index contributed by atoms with van der Waals surface area (Å²) in [5, 5.41) is 4.14. The van der Waals surface area contributed by atoms with Crippen LogP contribution in [0.1, 0.15) is 78.4 Å². The predicted octanol–water partition coefficient (Wildman–Crippen LogP) is 8.47. The third-order valence-electron chi connectivity index (χ3n) is 9.82. The Labute approximate surface area is 245 Å². The number of rotatable bonds is 13. The third kappa shape index (κ3) is 6.59. The van der Waals surface area contributed by atoms with Crippen LogP contribution in [0.15, 0.2) is 67.3 Å². The zero-order chi connectivity index (χ0) is 28.9. The van der Waals surface area contributed by atoms with E-state index in [1.165, 1.54) is 11.1 Å². The summed E-state index contributed by atoms with van der Waals surface area (Å²) in [6.45, 7) is 19.2. The normalized spacial score (nSPS) is 26.9. The lowest BCUT2D eigenvalue weighted by atomic mass is 9.65. The molecule has 1 heterocycles. The van der Waals surface area contributed by atoms with E-state index < -0.39 is 8.32 Å². The van der Waals surface area contributed by atoms with Crippen LogP contribution in [0.2, 0.25) is 16.6 Å². The molecule has 1 saturated heterocycles. The molecule has 0 amide bonds. The van der Waals surface area contributed by atoms with E-state index in [9.17, 15) is 0 Å². The molecule has 40 heavy (non-hydrogen) atoms. The van der Waals surface area contributed by atoms with Crippen LogP contribution in [0.4, 0.5) is 0 Å². The van der Waals surface area contributed by atoms with E-state index in [2.05, 4.69) is 114 Å². The largest absolute Gasteiger partial charge is 0.497 e. The Morgan fingerprint density at radius 3 is 2.17 bits per heavy atom. The molecule has 0 unspecified atom stereocenters. The predicted molar refractivity (Wildman–Crippen MR) is 169 cm³/mol. The van der Waals surface area contributed by atoms with Crippen LogP contribution in [0, 0.1) is 5.92 Å². The van der Waals surface area contributed by atoms with Crippen molar-refractivity contribution in [3.05, 3.63) is 78.4 Å². The Hall–Kier alpha value is -1.92. The van der Waals surface area contributed by atoms with E-state index in [1.807, 2.05) is 0 Å². The average molecular weight is 564 g/mol. The molecule has 1 aliphatic heterocycles. The van der Waals surface area contributed by atoms with E-state index >= 15 is 0 Å². The van der Waals surface area contributed by atoms with Crippen LogP contribution >= 0.6 is 0 Å². The van der Waals surface area contributed by atoms with Gasteiger partial charge in [0.25, 0.3) is 0 Å². The van der Waals surface area contributed by atoms with Crippen molar-refractivity contribution in [3.63, 3.8) is 0 Å². The molecule has 1 saturated carbocycles. The number of hydrogen-bond donors (Lipinski definition) is 1. The second-order valence-electron chi connectivity index (χ2n) is 13.2. The first kappa shape index (κ1) is 31.0. The van der Waals surface area contributed by atoms with Gasteiger partial charge in [0, 0.05) is 17.5 Å². The van der Waals surface area contributed by atoms with Crippen molar-refractivity contribution < 1.29 is 13.9 Å². The fourth-order valence-corrected chi connectivity index (χ4v) is 13.7. The van der Waals surface area contributed by atoms with Crippen LogP contribution in [0.3, 0.4) is 0 Å². The molecular formula is C35H53NO3Si. The van der Waals surface area contributed by atoms with Crippen LogP contribution in [-0.4, -0.2) is 39.2 Å². The number of piperidine rings is 1. The fraction of sp³-hybridized carbons (Fsp3) is 0.600. The van der Waals surface area contributed by atoms with Crippen molar-refractivity contribution in [2.45, 2.75) is 121 Å². The highest BCUT2D eigenvalue weighted by Crippen LogP contribution is 2.50. The summed E-state index contributed by atoms with van der Waals surface area (Å²) in [5.74, 6) is 1.23. The highest BCUT2D eigenvalue weighted by atomic mass is 28.4. The van der Waals surface area contributed by atoms with E-state index in [1.54, 1.807) is 7.11 Å². The Kier molecular flexibility index (Phi) is 10.4. The molecule has 2 aliphatic rings. The van der Waals surface area contributed by atoms with E-state index in [0.29, 0.717) is 29.1 Å². The minimum absolute atomic E-state index is 0.0493. The fourth-order valence-electron chi connectivity index (χ4n) is 8.08. The lowest BCUT2D eigenvalue weighted by Gasteiger charge is -2.57. The van der Waals surface area contributed by atoms with Gasteiger partial charge >= 0.3 is 0 Å². The molecule has 0 radical (unpaired) electrons. The minimum Gasteiger partial charge on any atom is -0.497 e. The first-order chi connectivity index (χ1) is 19.1. The van der Waals surface area contributed by atoms with Crippen molar-refractivity contribution in [1.82, 2.24) is 5.32 Å². The third-order valence-corrected chi connectivity index (χ3v) is 15.9. The summed E-state index contributed by atoms with van der Waals surface area (Å²) in [6, 6.07) is 19.3. The number of benzene rings is 2. The van der Waals surface area contributed by atoms with Gasteiger partial charge in [-0.2, -0.15) is 0 Å². The zero-order valence-electron chi connectivity index (χ0n) is 26.0. The van der Waals surface area contributed by atoms with Gasteiger partial charge in [-0.15, -0.1) is 6.58 Å². The zero-order valence-corrected chi connectivity index (χ0v) is 27.0. The standard InChI is InChI=1S/C35H53NO3Si/c1-9-20-35-21-19-33(39-40(25(2)3,26(4)5)27(6)7)31(23-35)34(38-24-29-13-11-10-12-14-29)32(36-35)22-28-15-17-30(37-8)18-16-28/h9-18,25-27,31-34,36H,1,19-24H2,2-8H3/t31-,32-,33-,34+,35-/m0/s1. The van der Waals surface area contributed by atoms with Gasteiger partial charge in [-0.05, 0) is 72.0 Å². The Bertz CT molecular complexity index is 1050. The molecule has 2 aromatic carbocycles. The monoisotopic (exact) mass is 563 g/mol. The smallest absolute Gasteiger partial charge is 0.200 e. The summed E-state index contributed by atoms with van der Waals surface area (Å²) >= 11 is 0. The summed E-state index contributed by atoms with van der Waals surface area (Å²) in [5.41, 5.74) is 4.26. The van der Waals surface area contributed by atoms with Gasteiger partial charge in [0.15, 0.2) is 0 Å². The molecule has 0 aromatic heterocycles. The molecule has 5 atom stereocenters. The van der Waals surface area contributed by atoms with Crippen molar-refractivity contribution in [1.29, 1.82) is 0 Å². The second-order valence-corrected chi connectivity index (χ2v) is 18.6. The molecule has 1 N–H and O–H groups in total. The maximum atomic E-state index is 7.57. The number of fused-ring (bicyclic) bond motifs is 2. The summed E-state index contributed by atoms with van der Waals surface area (Å²) in [7, 11) is -0.324. The first-order valence-corrected chi connectivity index (χ1v) is 17.6. The Morgan fingerprint density at radius 2 is 1.60 bits per heavy atom. The van der Waals surface area contributed by atoms with Gasteiger partial charge < -0.3 is 19.2 Å². The number of ether oxygens (including phenoxy) is 2. The molecule has 220 valence electrons. The average Bonchev–Trinajstić information content (AvgIpc) is 2.93. The van der Waals surface area contributed by atoms with Gasteiger partial charge in [0.2, 0.25) is 8.32 Å². The summed E-state index contributed by atoms with van der Waals surface area (Å²) in [6.07, 6.45) is 7.53. The minimum atomic E-state index is -2.05. The van der Waals surface area contributed by atoms with Gasteiger partial charge in [-0.25, -0.2) is 0 Å². The lowest BCUT2D eigenvalue weighted by molar-refractivity contribution is -0.121. The van der Waals surface area contributed by atoms with Gasteiger partial charge in [-0.1, -0.05) is 90.1 Å². The summed E-state index contributed by atoms with van der Waals surface area (Å²) in [4.78, 5) is 0. The van der Waals surface area contributed by atoms with E-state index in [0.717, 1.165) is 37.9 Å². The molecule has 2 fully saturated rings. The molecule has 4 nitrogen and oxygen atoms in total. The van der Waals surface area contributed by atoms with Crippen LogP contribution in [-0.2, 0) is 22.2 Å². The molecule has 2 aromatic rings. The molecule has 2 bridgehead atoms. The number of nitrogens with one attached hydrogen (secondary N) is 1. The molecule has 5 heteroatoms. The lowest BCUT2D eigenvalue weighted by Crippen LogP contribution is -2.68. The highest BCUT2D eigenvalue weighted by molar-refractivity contribution is 6.77. The van der Waals surface area contributed by atoms with E-state index in [4.69, 9.17) is 13.9 Å². The van der Waals surface area contributed by atoms with E-state index in [-0.39, 0.29) is 23.8 Å². The highest BCUT2D eigenvalue weighted by Gasteiger charge is 2.55. The van der Waals surface area contributed by atoms with Crippen molar-refractivity contribution in [3.8, 4) is 5.75 Å². The molecule has 1 aliphatic carbocycles. The Morgan fingerprint density at radius 1 is 0.950 bits per heavy atom. The topological polar surface area (TPSA) is 39.7 Å². The van der Waals surface area contributed by atoms with Crippen molar-refractivity contribution >= 4 is 8.32 Å². The van der Waals surface area contributed by atoms with Gasteiger partial charge in [0.05, 0.1) is 25.9 Å². The van der Waals surface area contributed by atoms with Crippen LogP contribution in [0.5, 0.6) is 5.75 Å². The van der Waals surface area contributed by atoms with Crippen molar-refractivity contribution in [2.75, 3.05) is 7.11 Å². The maximum absolute atomic E-state index is 7.57. The van der Waals surface area contributed by atoms with Crippen molar-refractivity contribution in [2.24, 2.45) is 5.92 Å². The first-order valence-electron chi connectivity index (χ1n) is 15.5. The SMILES string of the molecule is C=CC[C@]12CC[C@H](O[Si](C(C)C)(C(C)C)C(C)C)[C@H](C1)[C@@H](OCc1ccccc1)[C@H](Cc1ccc(OC)cc1)N2. The van der Waals surface area contributed by atoms with Gasteiger partial charge in [0.1, 0.15) is 5.75 Å². The van der Waals surface area contributed by atoms with Crippen LogP contribution < -0.4 is 10.1 Å². The van der Waals surface area contributed by atoms with Crippen LogP contribution in [0.25, 0.3) is 0 Å². The molecule has 4 rings (SSSR count). The quantitative estimate of drug-likeness (QED) is 0.196. The number of methoxy groups -OCH3 is 1. The molecular weight excluding hydrogens is 510 g/mol. The summed E-state index contributed by atoms with van der Waals surface area (Å²) < 4.78 is 20.0.